The lowest BCUT2D eigenvalue weighted by Crippen LogP contribution is -2.09. The molecule has 0 saturated carbocycles. The highest BCUT2D eigenvalue weighted by Gasteiger charge is 2.19. The van der Waals surface area contributed by atoms with Crippen LogP contribution in [-0.4, -0.2) is 22.4 Å². The molecule has 0 saturated heterocycles. The maximum absolute atomic E-state index is 13.2. The van der Waals surface area contributed by atoms with E-state index >= 15 is 0 Å². The largest absolute Gasteiger partial charge is 0.496 e. The summed E-state index contributed by atoms with van der Waals surface area (Å²) in [7, 11) is 1.58. The van der Waals surface area contributed by atoms with Gasteiger partial charge in [-0.05, 0) is 50.1 Å². The topological polar surface area (TPSA) is 44.1 Å². The van der Waals surface area contributed by atoms with Gasteiger partial charge in [0, 0.05) is 23.6 Å². The maximum Gasteiger partial charge on any atom is 0.197 e. The fraction of sp³-hybridized carbons (Fsp3) is 0.200. The molecule has 24 heavy (non-hydrogen) atoms. The minimum atomic E-state index is -0.0242. The molecule has 0 spiro atoms. The molecule has 4 nitrogen and oxygen atoms in total. The van der Waals surface area contributed by atoms with E-state index in [0.29, 0.717) is 11.3 Å². The molecule has 4 heteroatoms. The fourth-order valence-corrected chi connectivity index (χ4v) is 3.12. The summed E-state index contributed by atoms with van der Waals surface area (Å²) in [6.07, 6.45) is 5.26. The van der Waals surface area contributed by atoms with Crippen LogP contribution in [0.3, 0.4) is 0 Å². The van der Waals surface area contributed by atoms with Gasteiger partial charge in [-0.1, -0.05) is 17.7 Å². The zero-order chi connectivity index (χ0) is 17.3. The fourth-order valence-electron chi connectivity index (χ4n) is 3.12. The molecule has 0 aliphatic heterocycles. The zero-order valence-electron chi connectivity index (χ0n) is 14.3. The molecule has 3 rings (SSSR count). The summed E-state index contributed by atoms with van der Waals surface area (Å²) in [6, 6.07) is 9.65. The van der Waals surface area contributed by atoms with Crippen LogP contribution in [-0.2, 0) is 0 Å². The number of carbonyl (C=O) groups excluding carboxylic acids is 1. The molecular formula is C20H20N2O2. The van der Waals surface area contributed by atoms with Crippen LogP contribution in [0.25, 0.3) is 5.69 Å². The summed E-state index contributed by atoms with van der Waals surface area (Å²) < 4.78 is 7.28. The van der Waals surface area contributed by atoms with Gasteiger partial charge < -0.3 is 9.30 Å². The van der Waals surface area contributed by atoms with Crippen molar-refractivity contribution in [3.8, 4) is 11.4 Å². The van der Waals surface area contributed by atoms with Crippen molar-refractivity contribution in [3.05, 3.63) is 76.9 Å². The number of carbonyl (C=O) groups is 1. The van der Waals surface area contributed by atoms with Gasteiger partial charge in [0.15, 0.2) is 5.78 Å². The number of aromatic nitrogens is 2. The van der Waals surface area contributed by atoms with Crippen LogP contribution >= 0.6 is 0 Å². The van der Waals surface area contributed by atoms with Crippen molar-refractivity contribution in [1.82, 2.24) is 9.55 Å². The van der Waals surface area contributed by atoms with Crippen LogP contribution in [0, 0.1) is 20.8 Å². The van der Waals surface area contributed by atoms with Crippen LogP contribution in [0.5, 0.6) is 5.75 Å². The van der Waals surface area contributed by atoms with Gasteiger partial charge in [0.05, 0.1) is 19.0 Å². The molecule has 2 aromatic carbocycles. The van der Waals surface area contributed by atoms with Gasteiger partial charge in [-0.3, -0.25) is 4.79 Å². The van der Waals surface area contributed by atoms with Crippen LogP contribution < -0.4 is 4.74 Å². The smallest absolute Gasteiger partial charge is 0.197 e. The van der Waals surface area contributed by atoms with Crippen molar-refractivity contribution in [3.63, 3.8) is 0 Å². The van der Waals surface area contributed by atoms with Crippen molar-refractivity contribution < 1.29 is 9.53 Å². The molecule has 0 amide bonds. The van der Waals surface area contributed by atoms with E-state index in [9.17, 15) is 4.79 Å². The summed E-state index contributed by atoms with van der Waals surface area (Å²) in [5.41, 5.74) is 5.28. The first-order valence-corrected chi connectivity index (χ1v) is 7.80. The second-order valence-electron chi connectivity index (χ2n) is 5.96. The highest BCUT2D eigenvalue weighted by molar-refractivity contribution is 6.12. The van der Waals surface area contributed by atoms with Crippen LogP contribution in [0.15, 0.2) is 49.1 Å². The normalized spacial score (nSPS) is 10.7. The van der Waals surface area contributed by atoms with Gasteiger partial charge >= 0.3 is 0 Å². The van der Waals surface area contributed by atoms with E-state index in [1.54, 1.807) is 19.6 Å². The standard InChI is InChI=1S/C20H20N2O2/c1-13-9-14(2)19(15(3)10-13)20(23)17-11-16(5-6-18(17)24-4)22-8-7-21-12-22/h5-12H,1-4H3. The van der Waals surface area contributed by atoms with Crippen molar-refractivity contribution in [2.45, 2.75) is 20.8 Å². The number of benzene rings is 2. The SMILES string of the molecule is COc1ccc(-n2ccnc2)cc1C(=O)c1c(C)cc(C)cc1C. The first-order chi connectivity index (χ1) is 11.5. The average Bonchev–Trinajstić information content (AvgIpc) is 3.07. The number of imidazole rings is 1. The van der Waals surface area contributed by atoms with Crippen LogP contribution in [0.4, 0.5) is 0 Å². The molecule has 0 unspecified atom stereocenters. The molecule has 1 heterocycles. The third-order valence-corrected chi connectivity index (χ3v) is 4.13. The lowest BCUT2D eigenvalue weighted by Gasteiger charge is -2.14. The quantitative estimate of drug-likeness (QED) is 0.682. The van der Waals surface area contributed by atoms with Gasteiger partial charge in [0.2, 0.25) is 0 Å². The first kappa shape index (κ1) is 16.0. The van der Waals surface area contributed by atoms with Crippen molar-refractivity contribution >= 4 is 5.78 Å². The number of rotatable bonds is 4. The lowest BCUT2D eigenvalue weighted by molar-refractivity contribution is 0.103. The third-order valence-electron chi connectivity index (χ3n) is 4.13. The second kappa shape index (κ2) is 6.32. The summed E-state index contributed by atoms with van der Waals surface area (Å²) in [6.45, 7) is 5.98. The van der Waals surface area contributed by atoms with E-state index in [1.165, 1.54) is 0 Å². The van der Waals surface area contributed by atoms with E-state index in [2.05, 4.69) is 4.98 Å². The summed E-state index contributed by atoms with van der Waals surface area (Å²) in [4.78, 5) is 17.3. The minimum absolute atomic E-state index is 0.0242. The predicted octanol–water partition coefficient (Wildman–Crippen LogP) is 4.04. The Morgan fingerprint density at radius 3 is 2.38 bits per heavy atom. The van der Waals surface area contributed by atoms with Crippen molar-refractivity contribution in [2.75, 3.05) is 7.11 Å². The number of hydrogen-bond donors (Lipinski definition) is 0. The minimum Gasteiger partial charge on any atom is -0.496 e. The Bertz CT molecular complexity index is 873. The van der Waals surface area contributed by atoms with E-state index in [-0.39, 0.29) is 5.78 Å². The number of ether oxygens (including phenoxy) is 1. The Labute approximate surface area is 141 Å². The average molecular weight is 320 g/mol. The molecule has 0 N–H and O–H groups in total. The monoisotopic (exact) mass is 320 g/mol. The third kappa shape index (κ3) is 2.83. The van der Waals surface area contributed by atoms with Gasteiger partial charge in [-0.25, -0.2) is 4.98 Å². The molecule has 0 bridgehead atoms. The van der Waals surface area contributed by atoms with Crippen LogP contribution in [0.2, 0.25) is 0 Å². The molecule has 3 aromatic rings. The Morgan fingerprint density at radius 2 is 1.79 bits per heavy atom. The van der Waals surface area contributed by atoms with Gasteiger partial charge in [-0.2, -0.15) is 0 Å². The number of methoxy groups -OCH3 is 1. The zero-order valence-corrected chi connectivity index (χ0v) is 14.3. The van der Waals surface area contributed by atoms with E-state index in [4.69, 9.17) is 4.74 Å². The Balaban J connectivity index is 2.14. The highest BCUT2D eigenvalue weighted by atomic mass is 16.5. The Kier molecular flexibility index (Phi) is 4.21. The van der Waals surface area contributed by atoms with Gasteiger partial charge in [0.25, 0.3) is 0 Å². The van der Waals surface area contributed by atoms with E-state index < -0.39 is 0 Å². The Hall–Kier alpha value is -2.88. The van der Waals surface area contributed by atoms with Crippen molar-refractivity contribution in [2.24, 2.45) is 0 Å². The number of hydrogen-bond acceptors (Lipinski definition) is 3. The molecule has 0 radical (unpaired) electrons. The summed E-state index contributed by atoms with van der Waals surface area (Å²) in [5.74, 6) is 0.548. The predicted molar refractivity (Wildman–Crippen MR) is 94.2 cm³/mol. The first-order valence-electron chi connectivity index (χ1n) is 7.80. The summed E-state index contributed by atoms with van der Waals surface area (Å²) in [5, 5.41) is 0. The summed E-state index contributed by atoms with van der Waals surface area (Å²) >= 11 is 0. The molecule has 0 aliphatic rings. The van der Waals surface area contributed by atoms with Gasteiger partial charge in [0.1, 0.15) is 5.75 Å². The molecule has 0 fully saturated rings. The van der Waals surface area contributed by atoms with E-state index in [1.807, 2.05) is 61.9 Å². The number of nitrogens with zero attached hydrogens (tertiary/aromatic N) is 2. The Morgan fingerprint density at radius 1 is 1.08 bits per heavy atom. The van der Waals surface area contributed by atoms with Crippen LogP contribution in [0.1, 0.15) is 32.6 Å². The molecule has 0 aliphatic carbocycles. The molecule has 0 atom stereocenters. The van der Waals surface area contributed by atoms with Crippen molar-refractivity contribution in [1.29, 1.82) is 0 Å². The molecular weight excluding hydrogens is 300 g/mol. The number of aryl methyl sites for hydroxylation is 3. The molecule has 122 valence electrons. The van der Waals surface area contributed by atoms with Gasteiger partial charge in [-0.15, -0.1) is 0 Å². The second-order valence-corrected chi connectivity index (χ2v) is 5.96. The maximum atomic E-state index is 13.2. The lowest BCUT2D eigenvalue weighted by atomic mass is 9.92. The van der Waals surface area contributed by atoms with E-state index in [0.717, 1.165) is 27.9 Å². The molecule has 1 aromatic heterocycles. The highest BCUT2D eigenvalue weighted by Crippen LogP contribution is 2.27. The number of ketones is 1.